The van der Waals surface area contributed by atoms with Gasteiger partial charge in [-0.25, -0.2) is 24.5 Å². The van der Waals surface area contributed by atoms with Gasteiger partial charge in [0.05, 0.1) is 32.5 Å². The predicted molar refractivity (Wildman–Crippen MR) is 160 cm³/mol. The molecule has 8 heterocycles. The van der Waals surface area contributed by atoms with Gasteiger partial charge in [-0.3, -0.25) is 32.5 Å². The molecule has 0 spiro atoms. The van der Waals surface area contributed by atoms with Crippen molar-refractivity contribution in [1.29, 1.82) is 0 Å². The number of thiol groups is 1. The number of anilines is 2. The van der Waals surface area contributed by atoms with Crippen LogP contribution in [0, 0.1) is 0 Å². The molecule has 0 aliphatic carbocycles. The highest BCUT2D eigenvalue weighted by Crippen LogP contribution is 2.61. The first-order valence-corrected chi connectivity index (χ1v) is 18.7. The van der Waals surface area contributed by atoms with Crippen LogP contribution in [-0.2, 0) is 48.7 Å². The number of aromatic amines is 1. The molecule has 46 heavy (non-hydrogen) atoms. The van der Waals surface area contributed by atoms with Gasteiger partial charge in [0.1, 0.15) is 48.0 Å². The third-order valence-electron chi connectivity index (χ3n) is 8.04. The first-order valence-electron chi connectivity index (χ1n) is 13.4. The van der Waals surface area contributed by atoms with Crippen molar-refractivity contribution in [3.8, 4) is 0 Å². The summed E-state index contributed by atoms with van der Waals surface area (Å²) in [5.74, 6) is -0.0487. The molecule has 4 aromatic heterocycles. The molecule has 4 aliphatic heterocycles. The minimum Gasteiger partial charge on any atom is -0.386 e. The average molecular weight is 719 g/mol. The number of imidazole rings is 2. The number of aliphatic hydroxyl groups excluding tert-OH is 1. The number of fused-ring (bicyclic) bond motifs is 3. The molecule has 2 bridgehead atoms. The Morgan fingerprint density at radius 2 is 1.80 bits per heavy atom. The van der Waals surface area contributed by atoms with Crippen LogP contribution in [0.3, 0.4) is 0 Å². The second-order valence-corrected chi connectivity index (χ2v) is 16.5. The van der Waals surface area contributed by atoms with E-state index in [1.807, 2.05) is 0 Å². The lowest BCUT2D eigenvalue weighted by atomic mass is 10.0. The highest BCUT2D eigenvalue weighted by Gasteiger charge is 2.65. The minimum absolute atomic E-state index is 0.0142. The third kappa shape index (κ3) is 4.89. The maximum Gasteiger partial charge on any atom is 0.386 e. The molecule has 0 saturated carbocycles. The van der Waals surface area contributed by atoms with Crippen LogP contribution in [-0.4, -0.2) is 105 Å². The highest BCUT2D eigenvalue weighted by molar-refractivity contribution is 8.44. The van der Waals surface area contributed by atoms with Gasteiger partial charge in [-0.1, -0.05) is 12.2 Å². The Morgan fingerprint density at radius 3 is 2.61 bits per heavy atom. The van der Waals surface area contributed by atoms with Crippen molar-refractivity contribution in [2.24, 2.45) is 0 Å². The molecule has 7 N–H and O–H groups in total. The van der Waals surface area contributed by atoms with Crippen molar-refractivity contribution in [2.45, 2.75) is 48.6 Å². The number of nitrogens with zero attached hydrogens (tertiary/aromatic N) is 7. The van der Waals surface area contributed by atoms with Crippen molar-refractivity contribution in [3.05, 3.63) is 29.3 Å². The van der Waals surface area contributed by atoms with E-state index in [1.165, 1.54) is 28.1 Å². The molecular weight excluding hydrogens is 694 g/mol. The summed E-state index contributed by atoms with van der Waals surface area (Å²) in [6, 6.07) is 0. The first-order chi connectivity index (χ1) is 21.8. The van der Waals surface area contributed by atoms with E-state index in [1.54, 1.807) is 0 Å². The Bertz CT molecular complexity index is 2030. The van der Waals surface area contributed by atoms with Gasteiger partial charge in [-0.05, 0) is 11.8 Å². The quantitative estimate of drug-likeness (QED) is 0.108. The van der Waals surface area contributed by atoms with Gasteiger partial charge >= 0.3 is 13.5 Å². The number of hydrogen-bond acceptors (Lipinski definition) is 18. The fourth-order valence-electron chi connectivity index (χ4n) is 5.99. The molecule has 4 aromatic rings. The monoisotopic (exact) mass is 718 g/mol. The first kappa shape index (κ1) is 30.7. The number of ether oxygens (including phenoxy) is 3. The summed E-state index contributed by atoms with van der Waals surface area (Å²) in [6.45, 7) is -9.51. The smallest absolute Gasteiger partial charge is 0.386 e. The maximum atomic E-state index is 13.6. The molecule has 21 nitrogen and oxygen atoms in total. The van der Waals surface area contributed by atoms with E-state index in [9.17, 15) is 19.4 Å². The van der Waals surface area contributed by atoms with Crippen LogP contribution in [0.2, 0.25) is 0 Å². The molecule has 4 fully saturated rings. The van der Waals surface area contributed by atoms with E-state index in [0.29, 0.717) is 0 Å². The third-order valence-corrected chi connectivity index (χ3v) is 11.2. The standard InChI is InChI=1S/C21H24N10O11P2S2/c22-14-8-15(25-4-24-14)30(5-26-8)18-10(32)11-7(39-18)1-37-43(34,45)42-13-12-19(31-6-27-9-16(31)28-20(23)29-17(9)33)40-21(13,2-36-12)3-38-44(35,46)41-11/h4-7,10-13,18-19,32H,1-3H2,(H,34,45)(H,35,46)(H2,22,24,25)(H3,23,28,29,33)/t7-,10-,11-,12-,13+,18-,19-,21-,43?,44?/m1/s1. The van der Waals surface area contributed by atoms with Crippen LogP contribution in [0.1, 0.15) is 12.5 Å². The van der Waals surface area contributed by atoms with Crippen LogP contribution in [0.25, 0.3) is 22.3 Å². The van der Waals surface area contributed by atoms with Gasteiger partial charge in [0.15, 0.2) is 35.1 Å². The van der Waals surface area contributed by atoms with Gasteiger partial charge in [0.25, 0.3) is 5.56 Å². The molecular formula is C21H24N10O11P2S2. The van der Waals surface area contributed by atoms with E-state index >= 15 is 0 Å². The summed E-state index contributed by atoms with van der Waals surface area (Å²) in [5.41, 5.74) is 10.1. The molecule has 4 saturated heterocycles. The number of nitrogen functional groups attached to an aromatic ring is 2. The zero-order chi connectivity index (χ0) is 32.2. The minimum atomic E-state index is -4.23. The van der Waals surface area contributed by atoms with Gasteiger partial charge in [-0.2, -0.15) is 4.98 Å². The van der Waals surface area contributed by atoms with E-state index < -0.39 is 80.9 Å². The van der Waals surface area contributed by atoms with Gasteiger partial charge in [-0.15, -0.1) is 0 Å². The van der Waals surface area contributed by atoms with E-state index in [0.717, 1.165) is 0 Å². The van der Waals surface area contributed by atoms with Crippen LogP contribution in [0.5, 0.6) is 0 Å². The summed E-state index contributed by atoms with van der Waals surface area (Å²) >= 11 is 9.51. The lowest BCUT2D eigenvalue weighted by molar-refractivity contribution is -0.183. The van der Waals surface area contributed by atoms with E-state index in [2.05, 4.69) is 42.2 Å². The molecule has 4 aliphatic rings. The van der Waals surface area contributed by atoms with Crippen molar-refractivity contribution < 1.29 is 46.9 Å². The second kappa shape index (κ2) is 10.7. The van der Waals surface area contributed by atoms with Gasteiger partial charge in [0.2, 0.25) is 5.95 Å². The predicted octanol–water partition coefficient (Wildman–Crippen LogP) is -0.880. The molecule has 246 valence electrons. The number of aromatic nitrogens is 8. The van der Waals surface area contributed by atoms with Gasteiger partial charge < -0.3 is 40.2 Å². The number of hydrogen-bond donors (Lipinski definition) is 6. The summed E-state index contributed by atoms with van der Waals surface area (Å²) in [7, 11) is 0. The highest BCUT2D eigenvalue weighted by atomic mass is 32.7. The molecule has 0 aromatic carbocycles. The lowest BCUT2D eigenvalue weighted by Crippen LogP contribution is -2.46. The number of aliphatic hydroxyl groups is 1. The van der Waals surface area contributed by atoms with Crippen LogP contribution >= 0.6 is 25.8 Å². The molecule has 8 rings (SSSR count). The number of nitrogens with two attached hydrogens (primary N) is 2. The Hall–Kier alpha value is -2.63. The molecule has 25 heteroatoms. The van der Waals surface area contributed by atoms with Crippen LogP contribution in [0.4, 0.5) is 11.8 Å². The summed E-state index contributed by atoms with van der Waals surface area (Å²) in [5, 5.41) is 11.3. The molecule has 2 unspecified atom stereocenters. The number of rotatable bonds is 2. The van der Waals surface area contributed by atoms with E-state index in [4.69, 9.17) is 55.6 Å². The average Bonchev–Trinajstić information content (AvgIpc) is 3.80. The van der Waals surface area contributed by atoms with Gasteiger partial charge in [0, 0.05) is 0 Å². The van der Waals surface area contributed by atoms with Crippen molar-refractivity contribution >= 4 is 71.7 Å². The largest absolute Gasteiger partial charge is 0.386 e. The van der Waals surface area contributed by atoms with Crippen molar-refractivity contribution in [3.63, 3.8) is 0 Å². The van der Waals surface area contributed by atoms with Crippen molar-refractivity contribution in [2.75, 3.05) is 31.3 Å². The van der Waals surface area contributed by atoms with Crippen LogP contribution in [0.15, 0.2) is 23.8 Å². The van der Waals surface area contributed by atoms with Crippen molar-refractivity contribution in [1.82, 2.24) is 39.0 Å². The lowest BCUT2D eigenvalue weighted by Gasteiger charge is -2.34. The SMILES string of the molecule is Nc1nc2c(ncn2[C@@H]2O[C@@]34CO[C@@H]2[C@@H]3OP(=O)(S)OC[C@H]2O[C@@H](n3cnc5c(N)ncnc53)[C@H](O)[C@@H]2OP(O)(=S)OC4)c(=O)[nH]1. The Balaban J connectivity index is 1.11. The Morgan fingerprint density at radius 1 is 1.04 bits per heavy atom. The molecule has 0 amide bonds. The maximum absolute atomic E-state index is 13.6. The van der Waals surface area contributed by atoms with E-state index in [-0.39, 0.29) is 40.7 Å². The zero-order valence-corrected chi connectivity index (χ0v) is 26.5. The normalized spacial score (nSPS) is 39.7. The summed E-state index contributed by atoms with van der Waals surface area (Å²) < 4.78 is 57.9. The Labute approximate surface area is 266 Å². The summed E-state index contributed by atoms with van der Waals surface area (Å²) in [6.07, 6.45) is -4.49. The number of nitrogens with one attached hydrogen (secondary N) is 1. The zero-order valence-electron chi connectivity index (χ0n) is 23.0. The fraction of sp³-hybridized carbons (Fsp3) is 0.524. The molecule has 10 atom stereocenters. The fourth-order valence-corrected chi connectivity index (χ4v) is 8.96. The molecule has 0 radical (unpaired) electrons. The second-order valence-electron chi connectivity index (χ2n) is 10.9. The topological polar surface area (TPSA) is 281 Å². The Kier molecular flexibility index (Phi) is 7.13. The number of H-pyrrole nitrogens is 1. The summed E-state index contributed by atoms with van der Waals surface area (Å²) in [4.78, 5) is 46.4. The van der Waals surface area contributed by atoms with Crippen LogP contribution < -0.4 is 17.0 Å².